The van der Waals surface area contributed by atoms with Gasteiger partial charge in [0.1, 0.15) is 6.04 Å². The van der Waals surface area contributed by atoms with E-state index in [1.165, 1.54) is 0 Å². The summed E-state index contributed by atoms with van der Waals surface area (Å²) in [6, 6.07) is 4.88. The van der Waals surface area contributed by atoms with E-state index in [1.54, 1.807) is 31.9 Å². The number of methoxy groups -OCH3 is 2. The molecule has 1 aliphatic rings. The monoisotopic (exact) mass is 373 g/mol. The zero-order valence-electron chi connectivity index (χ0n) is 15.9. The Morgan fingerprint density at radius 2 is 2.11 bits per heavy atom. The number of hydrogen-bond acceptors (Lipinski definition) is 8. The largest absolute Gasteiger partial charge is 0.493 e. The summed E-state index contributed by atoms with van der Waals surface area (Å²) < 4.78 is 18.0. The van der Waals surface area contributed by atoms with Crippen molar-refractivity contribution in [2.45, 2.75) is 32.7 Å². The quantitative estimate of drug-likeness (QED) is 0.583. The molecule has 1 aromatic heterocycles. The highest BCUT2D eigenvalue weighted by molar-refractivity contribution is 5.92. The molecule has 0 unspecified atom stereocenters. The molecule has 1 atom stereocenters. The number of esters is 1. The maximum Gasteiger partial charge on any atom is 0.338 e. The third kappa shape index (κ3) is 3.44. The van der Waals surface area contributed by atoms with Crippen molar-refractivity contribution in [2.24, 2.45) is 0 Å². The van der Waals surface area contributed by atoms with Gasteiger partial charge >= 0.3 is 5.97 Å². The number of tetrazole rings is 1. The summed E-state index contributed by atoms with van der Waals surface area (Å²) in [4.78, 5) is 12.9. The average Bonchev–Trinajstić information content (AvgIpc) is 3.14. The number of rotatable bonds is 7. The van der Waals surface area contributed by atoms with Gasteiger partial charge in [0.15, 0.2) is 11.5 Å². The number of aromatic nitrogens is 4. The van der Waals surface area contributed by atoms with Crippen LogP contribution in [0, 0.1) is 0 Å². The van der Waals surface area contributed by atoms with E-state index in [2.05, 4.69) is 20.8 Å². The Bertz CT molecular complexity index is 861. The Balaban J connectivity index is 2.11. The Morgan fingerprint density at radius 3 is 2.81 bits per heavy atom. The number of ether oxygens (including phenoxy) is 3. The number of carbonyl (C=O) groups is 1. The van der Waals surface area contributed by atoms with Gasteiger partial charge in [0.05, 0.1) is 26.4 Å². The summed E-state index contributed by atoms with van der Waals surface area (Å²) in [5.41, 5.74) is 1.76. The van der Waals surface area contributed by atoms with Crippen LogP contribution in [0.25, 0.3) is 0 Å². The molecule has 0 spiro atoms. The van der Waals surface area contributed by atoms with Gasteiger partial charge in [-0.3, -0.25) is 0 Å². The average molecular weight is 373 g/mol. The Kier molecular flexibility index (Phi) is 5.58. The van der Waals surface area contributed by atoms with Crippen molar-refractivity contribution in [1.29, 1.82) is 0 Å². The predicted octanol–water partition coefficient (Wildman–Crippen LogP) is 2.32. The fraction of sp³-hybridized carbons (Fsp3) is 0.444. The number of nitrogens with one attached hydrogen (secondary N) is 1. The number of benzene rings is 1. The highest BCUT2D eigenvalue weighted by Gasteiger charge is 2.37. The van der Waals surface area contributed by atoms with Crippen LogP contribution in [0.1, 0.15) is 38.3 Å². The zero-order chi connectivity index (χ0) is 19.4. The second-order valence-electron chi connectivity index (χ2n) is 6.09. The van der Waals surface area contributed by atoms with E-state index in [0.717, 1.165) is 12.8 Å². The molecule has 1 N–H and O–H groups in total. The van der Waals surface area contributed by atoms with Gasteiger partial charge in [-0.25, -0.2) is 4.79 Å². The van der Waals surface area contributed by atoms with Crippen LogP contribution >= 0.6 is 0 Å². The highest BCUT2D eigenvalue weighted by atomic mass is 16.5. The highest BCUT2D eigenvalue weighted by Crippen LogP contribution is 2.42. The first-order valence-corrected chi connectivity index (χ1v) is 8.76. The van der Waals surface area contributed by atoms with Gasteiger partial charge in [0.2, 0.25) is 5.95 Å². The maximum absolute atomic E-state index is 12.9. The van der Waals surface area contributed by atoms with E-state index in [1.807, 2.05) is 19.1 Å². The van der Waals surface area contributed by atoms with Crippen LogP contribution in [-0.4, -0.2) is 47.0 Å². The van der Waals surface area contributed by atoms with Gasteiger partial charge in [-0.15, -0.1) is 0 Å². The number of carbonyl (C=O) groups excluding carboxylic acids is 1. The van der Waals surface area contributed by atoms with Gasteiger partial charge in [0.25, 0.3) is 0 Å². The number of unbranched alkanes of at least 4 members (excludes halogenated alkanes) is 1. The summed E-state index contributed by atoms with van der Waals surface area (Å²) in [6.07, 6.45) is 1.74. The van der Waals surface area contributed by atoms with Gasteiger partial charge in [-0.2, -0.15) is 4.68 Å². The predicted molar refractivity (Wildman–Crippen MR) is 97.7 cm³/mol. The lowest BCUT2D eigenvalue weighted by atomic mass is 9.94. The van der Waals surface area contributed by atoms with Gasteiger partial charge < -0.3 is 19.5 Å². The van der Waals surface area contributed by atoms with Crippen molar-refractivity contribution < 1.29 is 19.0 Å². The molecule has 27 heavy (non-hydrogen) atoms. The van der Waals surface area contributed by atoms with E-state index in [9.17, 15) is 4.79 Å². The molecule has 9 heteroatoms. The van der Waals surface area contributed by atoms with Crippen molar-refractivity contribution in [3.8, 4) is 11.5 Å². The van der Waals surface area contributed by atoms with Crippen LogP contribution in [0.3, 0.4) is 0 Å². The number of para-hydroxylation sites is 1. The first-order chi connectivity index (χ1) is 13.1. The van der Waals surface area contributed by atoms with Crippen molar-refractivity contribution in [3.05, 3.63) is 35.0 Å². The maximum atomic E-state index is 12.9. The summed E-state index contributed by atoms with van der Waals surface area (Å²) in [6.45, 7) is 4.20. The van der Waals surface area contributed by atoms with E-state index < -0.39 is 12.0 Å². The van der Waals surface area contributed by atoms with Gasteiger partial charge in [0, 0.05) is 11.3 Å². The molecule has 1 aromatic carbocycles. The lowest BCUT2D eigenvalue weighted by Gasteiger charge is -2.28. The third-order valence-corrected chi connectivity index (χ3v) is 4.39. The third-order valence-electron chi connectivity index (χ3n) is 4.39. The molecular formula is C18H23N5O4. The van der Waals surface area contributed by atoms with Crippen molar-refractivity contribution in [3.63, 3.8) is 0 Å². The molecule has 0 radical (unpaired) electrons. The van der Waals surface area contributed by atoms with Crippen LogP contribution in [0.4, 0.5) is 5.95 Å². The molecule has 0 aliphatic carbocycles. The number of nitrogens with zero attached hydrogens (tertiary/aromatic N) is 4. The zero-order valence-corrected chi connectivity index (χ0v) is 15.9. The van der Waals surface area contributed by atoms with E-state index in [-0.39, 0.29) is 0 Å². The number of hydrogen-bond donors (Lipinski definition) is 1. The Hall–Kier alpha value is -3.10. The fourth-order valence-corrected chi connectivity index (χ4v) is 3.08. The van der Waals surface area contributed by atoms with Gasteiger partial charge in [-0.05, 0) is 29.8 Å². The Morgan fingerprint density at radius 1 is 1.30 bits per heavy atom. The summed E-state index contributed by atoms with van der Waals surface area (Å²) >= 11 is 0. The normalized spacial score (nSPS) is 15.8. The first-order valence-electron chi connectivity index (χ1n) is 8.76. The molecule has 1 aliphatic heterocycles. The SMILES string of the molecule is CCCCOC(=O)C1=C(C)Nc2nnnn2[C@@H]1c1cccc(OC)c1OC. The first kappa shape index (κ1) is 18.7. The Labute approximate surface area is 157 Å². The second-order valence-corrected chi connectivity index (χ2v) is 6.09. The van der Waals surface area contributed by atoms with Crippen LogP contribution in [0.15, 0.2) is 29.5 Å². The van der Waals surface area contributed by atoms with Gasteiger partial charge in [-0.1, -0.05) is 30.6 Å². The smallest absolute Gasteiger partial charge is 0.338 e. The fourth-order valence-electron chi connectivity index (χ4n) is 3.08. The summed E-state index contributed by atoms with van der Waals surface area (Å²) in [5.74, 6) is 1.09. The molecular weight excluding hydrogens is 350 g/mol. The number of allylic oxidation sites excluding steroid dienone is 1. The van der Waals surface area contributed by atoms with E-state index >= 15 is 0 Å². The minimum absolute atomic E-state index is 0.358. The number of fused-ring (bicyclic) bond motifs is 1. The molecule has 0 saturated heterocycles. The second kappa shape index (κ2) is 8.07. The van der Waals surface area contributed by atoms with Crippen LogP contribution in [0.2, 0.25) is 0 Å². The molecule has 0 amide bonds. The van der Waals surface area contributed by atoms with Crippen molar-refractivity contribution >= 4 is 11.9 Å². The van der Waals surface area contributed by atoms with E-state index in [0.29, 0.717) is 40.9 Å². The molecule has 144 valence electrons. The lowest BCUT2D eigenvalue weighted by Crippen LogP contribution is -2.30. The molecule has 2 heterocycles. The summed E-state index contributed by atoms with van der Waals surface area (Å²) in [5, 5.41) is 14.8. The standard InChI is InChI=1S/C18H23N5O4/c1-5-6-10-27-17(24)14-11(2)19-18-20-21-22-23(18)15(14)12-8-7-9-13(25-3)16(12)26-4/h7-9,15H,5-6,10H2,1-4H3,(H,19,20,22)/t15-/m1/s1. The molecule has 3 rings (SSSR count). The molecule has 9 nitrogen and oxygen atoms in total. The topological polar surface area (TPSA) is 100 Å². The lowest BCUT2D eigenvalue weighted by molar-refractivity contribution is -0.139. The van der Waals surface area contributed by atoms with Crippen LogP contribution in [0.5, 0.6) is 11.5 Å². The van der Waals surface area contributed by atoms with Crippen LogP contribution in [-0.2, 0) is 9.53 Å². The molecule has 2 aromatic rings. The summed E-state index contributed by atoms with van der Waals surface area (Å²) in [7, 11) is 3.12. The minimum Gasteiger partial charge on any atom is -0.493 e. The van der Waals surface area contributed by atoms with E-state index in [4.69, 9.17) is 14.2 Å². The minimum atomic E-state index is -0.601. The molecule has 0 fully saturated rings. The van der Waals surface area contributed by atoms with Crippen molar-refractivity contribution in [2.75, 3.05) is 26.1 Å². The number of anilines is 1. The molecule has 0 saturated carbocycles. The van der Waals surface area contributed by atoms with Crippen LogP contribution < -0.4 is 14.8 Å². The molecule has 0 bridgehead atoms. The van der Waals surface area contributed by atoms with Crippen molar-refractivity contribution in [1.82, 2.24) is 20.2 Å².